The van der Waals surface area contributed by atoms with Gasteiger partial charge in [0.25, 0.3) is 0 Å². The van der Waals surface area contributed by atoms with Crippen molar-refractivity contribution in [3.63, 3.8) is 0 Å². The molecule has 2 heterocycles. The van der Waals surface area contributed by atoms with Crippen LogP contribution in [0.15, 0.2) is 35.7 Å². The largest absolute Gasteiger partial charge is 0.454 e. The van der Waals surface area contributed by atoms with Gasteiger partial charge in [0.1, 0.15) is 0 Å². The second-order valence-electron chi connectivity index (χ2n) is 7.93. The monoisotopic (exact) mass is 430 g/mol. The molecular weight excluding hydrogens is 400 g/mol. The Balaban J connectivity index is 1.76. The summed E-state index contributed by atoms with van der Waals surface area (Å²) in [7, 11) is 0. The van der Waals surface area contributed by atoms with Crippen molar-refractivity contribution in [3.05, 3.63) is 46.2 Å². The van der Waals surface area contributed by atoms with Gasteiger partial charge in [0, 0.05) is 24.4 Å². The van der Waals surface area contributed by atoms with E-state index in [1.54, 1.807) is 16.2 Å². The number of carbonyl (C=O) groups excluding carboxylic acids is 2. The summed E-state index contributed by atoms with van der Waals surface area (Å²) in [6.45, 7) is 7.98. The van der Waals surface area contributed by atoms with Gasteiger partial charge in [-0.15, -0.1) is 11.3 Å². The molecule has 2 aromatic rings. The lowest BCUT2D eigenvalue weighted by molar-refractivity contribution is -0.141. The minimum absolute atomic E-state index is 0.0405. The second kappa shape index (κ2) is 10.5. The van der Waals surface area contributed by atoms with E-state index in [2.05, 4.69) is 13.8 Å². The molecule has 1 aliphatic heterocycles. The summed E-state index contributed by atoms with van der Waals surface area (Å²) in [5, 5.41) is 2.01. The van der Waals surface area contributed by atoms with Gasteiger partial charge >= 0.3 is 0 Å². The summed E-state index contributed by atoms with van der Waals surface area (Å²) >= 11 is 1.62. The van der Waals surface area contributed by atoms with Gasteiger partial charge in [-0.05, 0) is 41.5 Å². The van der Waals surface area contributed by atoms with Gasteiger partial charge in [0.2, 0.25) is 18.6 Å². The zero-order valence-electron chi connectivity index (χ0n) is 17.9. The van der Waals surface area contributed by atoms with E-state index in [1.807, 2.05) is 47.5 Å². The van der Waals surface area contributed by atoms with Crippen molar-refractivity contribution < 1.29 is 19.1 Å². The molecular formula is C23H30N2O4S. The Bertz CT molecular complexity index is 851. The Morgan fingerprint density at radius 3 is 2.57 bits per heavy atom. The van der Waals surface area contributed by atoms with E-state index in [4.69, 9.17) is 9.47 Å². The van der Waals surface area contributed by atoms with Crippen molar-refractivity contribution in [3.8, 4) is 11.5 Å². The Morgan fingerprint density at radius 1 is 1.07 bits per heavy atom. The second-order valence-corrected chi connectivity index (χ2v) is 8.97. The quantitative estimate of drug-likeness (QED) is 0.564. The highest BCUT2D eigenvalue weighted by molar-refractivity contribution is 7.09. The number of carbonyl (C=O) groups is 2. The lowest BCUT2D eigenvalue weighted by Gasteiger charge is -2.28. The number of nitrogens with zero attached hydrogens (tertiary/aromatic N) is 2. The maximum absolute atomic E-state index is 13.3. The first-order chi connectivity index (χ1) is 14.5. The Morgan fingerprint density at radius 2 is 1.87 bits per heavy atom. The highest BCUT2D eigenvalue weighted by atomic mass is 32.1. The average Bonchev–Trinajstić information content (AvgIpc) is 3.38. The topological polar surface area (TPSA) is 59.1 Å². The van der Waals surface area contributed by atoms with Crippen LogP contribution in [0.3, 0.4) is 0 Å². The molecule has 2 amide bonds. The fourth-order valence-electron chi connectivity index (χ4n) is 3.41. The van der Waals surface area contributed by atoms with Gasteiger partial charge in [-0.1, -0.05) is 32.9 Å². The van der Waals surface area contributed by atoms with Gasteiger partial charge in [0.15, 0.2) is 11.5 Å². The molecule has 1 aromatic carbocycles. The van der Waals surface area contributed by atoms with Gasteiger partial charge in [0.05, 0.1) is 13.1 Å². The first-order valence-electron chi connectivity index (χ1n) is 10.4. The maximum Gasteiger partial charge on any atom is 0.242 e. The van der Waals surface area contributed by atoms with Crippen LogP contribution in [0, 0.1) is 5.92 Å². The van der Waals surface area contributed by atoms with E-state index in [9.17, 15) is 9.59 Å². The van der Waals surface area contributed by atoms with Crippen LogP contribution in [-0.4, -0.2) is 41.5 Å². The third kappa shape index (κ3) is 5.98. The van der Waals surface area contributed by atoms with Gasteiger partial charge in [-0.3, -0.25) is 9.59 Å². The third-order valence-corrected chi connectivity index (χ3v) is 5.68. The molecule has 0 saturated heterocycles. The number of benzene rings is 1. The first kappa shape index (κ1) is 22.2. The van der Waals surface area contributed by atoms with Crippen molar-refractivity contribution in [2.24, 2.45) is 5.92 Å². The molecule has 1 aromatic heterocycles. The summed E-state index contributed by atoms with van der Waals surface area (Å²) in [4.78, 5) is 30.5. The molecule has 3 rings (SSSR count). The standard InChI is InChI=1S/C23H30N2O4S/c1-4-6-22(26)24(12-17(2)3)15-23(27)25(14-19-7-5-10-30-19)13-18-8-9-20-21(11-18)29-16-28-20/h5,7-11,17H,4,6,12-16H2,1-3H3. The predicted octanol–water partition coefficient (Wildman–Crippen LogP) is 4.29. The van der Waals surface area contributed by atoms with E-state index >= 15 is 0 Å². The number of ether oxygens (including phenoxy) is 2. The predicted molar refractivity (Wildman–Crippen MR) is 117 cm³/mol. The fraction of sp³-hybridized carbons (Fsp3) is 0.478. The molecule has 0 spiro atoms. The number of hydrogen-bond acceptors (Lipinski definition) is 5. The van der Waals surface area contributed by atoms with Gasteiger partial charge in [-0.25, -0.2) is 0 Å². The number of fused-ring (bicyclic) bond motifs is 1. The van der Waals surface area contributed by atoms with E-state index in [0.29, 0.717) is 37.7 Å². The summed E-state index contributed by atoms with van der Waals surface area (Å²) in [5.41, 5.74) is 0.972. The highest BCUT2D eigenvalue weighted by Gasteiger charge is 2.23. The molecule has 162 valence electrons. The fourth-order valence-corrected chi connectivity index (χ4v) is 4.13. The zero-order chi connectivity index (χ0) is 21.5. The van der Waals surface area contributed by atoms with Crippen molar-refractivity contribution in [1.29, 1.82) is 0 Å². The van der Waals surface area contributed by atoms with Crippen LogP contribution in [0.25, 0.3) is 0 Å². The Kier molecular flexibility index (Phi) is 7.74. The van der Waals surface area contributed by atoms with Crippen LogP contribution in [0.4, 0.5) is 0 Å². The SMILES string of the molecule is CCCC(=O)N(CC(=O)N(Cc1ccc2c(c1)OCO2)Cc1cccs1)CC(C)C. The number of thiophene rings is 1. The number of rotatable bonds is 10. The lowest BCUT2D eigenvalue weighted by atomic mass is 10.1. The Labute approximate surface area is 182 Å². The molecule has 0 N–H and O–H groups in total. The van der Waals surface area contributed by atoms with Crippen LogP contribution >= 0.6 is 11.3 Å². The third-order valence-electron chi connectivity index (χ3n) is 4.82. The molecule has 7 heteroatoms. The normalized spacial score (nSPS) is 12.3. The van der Waals surface area contributed by atoms with Crippen molar-refractivity contribution in [1.82, 2.24) is 9.80 Å². The van der Waals surface area contributed by atoms with Crippen molar-refractivity contribution >= 4 is 23.2 Å². The average molecular weight is 431 g/mol. The number of amides is 2. The van der Waals surface area contributed by atoms with Crippen molar-refractivity contribution in [2.75, 3.05) is 19.9 Å². The van der Waals surface area contributed by atoms with Gasteiger partial charge in [-0.2, -0.15) is 0 Å². The van der Waals surface area contributed by atoms with Gasteiger partial charge < -0.3 is 19.3 Å². The van der Waals surface area contributed by atoms with Crippen molar-refractivity contribution in [2.45, 2.75) is 46.7 Å². The smallest absolute Gasteiger partial charge is 0.242 e. The lowest BCUT2D eigenvalue weighted by Crippen LogP contribution is -2.43. The zero-order valence-corrected chi connectivity index (χ0v) is 18.7. The molecule has 1 aliphatic rings. The Hall–Kier alpha value is -2.54. The highest BCUT2D eigenvalue weighted by Crippen LogP contribution is 2.33. The van der Waals surface area contributed by atoms with Crippen LogP contribution in [-0.2, 0) is 22.7 Å². The summed E-state index contributed by atoms with van der Waals surface area (Å²) in [5.74, 6) is 1.72. The molecule has 0 bridgehead atoms. The summed E-state index contributed by atoms with van der Waals surface area (Å²) < 4.78 is 10.9. The summed E-state index contributed by atoms with van der Waals surface area (Å²) in [6.07, 6.45) is 1.24. The maximum atomic E-state index is 13.3. The first-order valence-corrected chi connectivity index (χ1v) is 11.3. The molecule has 0 radical (unpaired) electrons. The van der Waals surface area contributed by atoms with Crippen LogP contribution < -0.4 is 9.47 Å². The minimum Gasteiger partial charge on any atom is -0.454 e. The van der Waals surface area contributed by atoms with E-state index in [0.717, 1.165) is 22.6 Å². The van der Waals surface area contributed by atoms with E-state index < -0.39 is 0 Å². The van der Waals surface area contributed by atoms with Crippen LogP contribution in [0.2, 0.25) is 0 Å². The van der Waals surface area contributed by atoms with E-state index in [1.165, 1.54) is 0 Å². The molecule has 0 unspecified atom stereocenters. The number of hydrogen-bond donors (Lipinski definition) is 0. The molecule has 0 aliphatic carbocycles. The molecule has 0 atom stereocenters. The summed E-state index contributed by atoms with van der Waals surface area (Å²) in [6, 6.07) is 9.76. The van der Waals surface area contributed by atoms with Crippen LogP contribution in [0.5, 0.6) is 11.5 Å². The molecule has 0 saturated carbocycles. The molecule has 30 heavy (non-hydrogen) atoms. The molecule has 0 fully saturated rings. The minimum atomic E-state index is -0.0498. The molecule has 6 nitrogen and oxygen atoms in total. The van der Waals surface area contributed by atoms with Crippen LogP contribution in [0.1, 0.15) is 44.1 Å². The van der Waals surface area contributed by atoms with E-state index in [-0.39, 0.29) is 25.2 Å².